The van der Waals surface area contributed by atoms with Crippen LogP contribution in [-0.2, 0) is 0 Å². The molecule has 3 heteroatoms. The molecule has 0 aliphatic carbocycles. The first-order valence-corrected chi connectivity index (χ1v) is 2.93. The normalized spacial score (nSPS) is 11.8. The monoisotopic (exact) mass is 127 g/mol. The Balaban J connectivity index is 3.97. The molecule has 3 nitrogen and oxygen atoms in total. The van der Waals surface area contributed by atoms with E-state index in [1.54, 1.807) is 7.05 Å². The number of nitrogens with one attached hydrogen (secondary N) is 1. The Morgan fingerprint density at radius 1 is 1.56 bits per heavy atom. The molecule has 0 atom stereocenters. The van der Waals surface area contributed by atoms with Gasteiger partial charge in [-0.15, -0.1) is 0 Å². The highest BCUT2D eigenvalue weighted by molar-refractivity contribution is 5.87. The van der Waals surface area contributed by atoms with Crippen LogP contribution in [0.3, 0.4) is 0 Å². The molecule has 0 bridgehead atoms. The Hall–Kier alpha value is -0.860. The van der Waals surface area contributed by atoms with Crippen molar-refractivity contribution in [3.8, 4) is 0 Å². The molecule has 0 amide bonds. The molecule has 0 radical (unpaired) electrons. The van der Waals surface area contributed by atoms with E-state index >= 15 is 0 Å². The zero-order chi connectivity index (χ0) is 7.28. The predicted octanol–water partition coefficient (Wildman–Crippen LogP) is 0.876. The van der Waals surface area contributed by atoms with Crippen molar-refractivity contribution < 1.29 is 0 Å². The average molecular weight is 127 g/mol. The molecule has 0 saturated carbocycles. The third kappa shape index (κ3) is 2.85. The molecule has 9 heavy (non-hydrogen) atoms. The van der Waals surface area contributed by atoms with Crippen LogP contribution < -0.4 is 5.43 Å². The standard InChI is InChI=1S/C6H13N3/c1-5(2)6(7-3)9-8-4/h5,8H,3H2,1-2,4H3/b9-6-. The quantitative estimate of drug-likeness (QED) is 0.333. The summed E-state index contributed by atoms with van der Waals surface area (Å²) in [5.74, 6) is 1.09. The predicted molar refractivity (Wildman–Crippen MR) is 40.9 cm³/mol. The minimum absolute atomic E-state index is 0.343. The van der Waals surface area contributed by atoms with E-state index in [1.807, 2.05) is 13.8 Å². The van der Waals surface area contributed by atoms with Gasteiger partial charge < -0.3 is 5.43 Å². The van der Waals surface area contributed by atoms with Crippen molar-refractivity contribution in [2.24, 2.45) is 16.0 Å². The van der Waals surface area contributed by atoms with E-state index in [0.29, 0.717) is 5.92 Å². The number of aliphatic imine (C=N–C) groups is 1. The zero-order valence-corrected chi connectivity index (χ0v) is 6.18. The fourth-order valence-corrected chi connectivity index (χ4v) is 0.462. The third-order valence-electron chi connectivity index (χ3n) is 0.905. The van der Waals surface area contributed by atoms with Gasteiger partial charge in [0.2, 0.25) is 0 Å². The molecule has 0 aliphatic rings. The van der Waals surface area contributed by atoms with E-state index < -0.39 is 0 Å². The van der Waals surface area contributed by atoms with Crippen LogP contribution >= 0.6 is 0 Å². The molecular weight excluding hydrogens is 114 g/mol. The van der Waals surface area contributed by atoms with Gasteiger partial charge in [-0.1, -0.05) is 13.8 Å². The van der Waals surface area contributed by atoms with Crippen molar-refractivity contribution in [1.82, 2.24) is 5.43 Å². The lowest BCUT2D eigenvalue weighted by atomic mass is 10.2. The van der Waals surface area contributed by atoms with Gasteiger partial charge in [0.05, 0.1) is 0 Å². The summed E-state index contributed by atoms with van der Waals surface area (Å²) in [5, 5.41) is 3.88. The van der Waals surface area contributed by atoms with Crippen LogP contribution in [0.4, 0.5) is 0 Å². The number of rotatable bonds is 2. The van der Waals surface area contributed by atoms with Crippen LogP contribution in [-0.4, -0.2) is 19.6 Å². The van der Waals surface area contributed by atoms with E-state index in [2.05, 4.69) is 22.2 Å². The van der Waals surface area contributed by atoms with Gasteiger partial charge in [0.15, 0.2) is 0 Å². The summed E-state index contributed by atoms with van der Waals surface area (Å²) < 4.78 is 0. The van der Waals surface area contributed by atoms with Crippen molar-refractivity contribution in [1.29, 1.82) is 0 Å². The van der Waals surface area contributed by atoms with Gasteiger partial charge >= 0.3 is 0 Å². The maximum atomic E-state index is 3.88. The summed E-state index contributed by atoms with van der Waals surface area (Å²) >= 11 is 0. The van der Waals surface area contributed by atoms with Crippen molar-refractivity contribution in [3.05, 3.63) is 0 Å². The zero-order valence-electron chi connectivity index (χ0n) is 6.18. The number of hydrogen-bond donors (Lipinski definition) is 1. The molecule has 0 aromatic carbocycles. The number of nitrogens with zero attached hydrogens (tertiary/aromatic N) is 2. The first-order valence-electron chi connectivity index (χ1n) is 2.93. The fourth-order valence-electron chi connectivity index (χ4n) is 0.462. The number of hydrazone groups is 1. The fraction of sp³-hybridized carbons (Fsp3) is 0.667. The van der Waals surface area contributed by atoms with Gasteiger partial charge in [0.1, 0.15) is 5.84 Å². The Bertz CT molecular complexity index is 115. The summed E-state index contributed by atoms with van der Waals surface area (Å²) in [5.41, 5.74) is 2.65. The summed E-state index contributed by atoms with van der Waals surface area (Å²) in [6.07, 6.45) is 0. The Morgan fingerprint density at radius 3 is 2.22 bits per heavy atom. The molecule has 0 fully saturated rings. The maximum absolute atomic E-state index is 3.88. The molecule has 0 aromatic heterocycles. The van der Waals surface area contributed by atoms with Crippen LogP contribution in [0.2, 0.25) is 0 Å². The molecule has 0 heterocycles. The molecule has 0 aromatic rings. The highest BCUT2D eigenvalue weighted by Gasteiger charge is 1.99. The van der Waals surface area contributed by atoms with Crippen LogP contribution in [0.15, 0.2) is 10.1 Å². The number of amidine groups is 1. The molecule has 1 N–H and O–H groups in total. The first kappa shape index (κ1) is 8.14. The minimum Gasteiger partial charge on any atom is -0.311 e. The second kappa shape index (κ2) is 4.06. The summed E-state index contributed by atoms with van der Waals surface area (Å²) in [6.45, 7) is 7.42. The second-order valence-corrected chi connectivity index (χ2v) is 2.01. The van der Waals surface area contributed by atoms with Crippen molar-refractivity contribution in [2.75, 3.05) is 7.05 Å². The van der Waals surface area contributed by atoms with E-state index in [0.717, 1.165) is 5.84 Å². The molecule has 0 unspecified atom stereocenters. The van der Waals surface area contributed by atoms with Gasteiger partial charge in [-0.25, -0.2) is 4.99 Å². The molecule has 0 saturated heterocycles. The largest absolute Gasteiger partial charge is 0.311 e. The van der Waals surface area contributed by atoms with Crippen LogP contribution in [0.5, 0.6) is 0 Å². The SMILES string of the molecule is C=N/C(=N\NC)C(C)C. The van der Waals surface area contributed by atoms with Crippen LogP contribution in [0, 0.1) is 5.92 Å². The summed E-state index contributed by atoms with van der Waals surface area (Å²) in [4.78, 5) is 3.71. The van der Waals surface area contributed by atoms with Crippen LogP contribution in [0.25, 0.3) is 0 Å². The van der Waals surface area contributed by atoms with Gasteiger partial charge in [-0.3, -0.25) is 0 Å². The highest BCUT2D eigenvalue weighted by atomic mass is 15.3. The molecular formula is C6H13N3. The molecule has 0 spiro atoms. The van der Waals surface area contributed by atoms with E-state index in [1.165, 1.54) is 0 Å². The van der Waals surface area contributed by atoms with Crippen LogP contribution in [0.1, 0.15) is 13.8 Å². The van der Waals surface area contributed by atoms with Gasteiger partial charge in [-0.2, -0.15) is 5.10 Å². The lowest BCUT2D eigenvalue weighted by molar-refractivity contribution is 0.818. The second-order valence-electron chi connectivity index (χ2n) is 2.01. The third-order valence-corrected chi connectivity index (χ3v) is 0.905. The molecule has 52 valence electrons. The summed E-state index contributed by atoms with van der Waals surface area (Å²) in [6, 6.07) is 0. The number of hydrogen-bond acceptors (Lipinski definition) is 2. The van der Waals surface area contributed by atoms with E-state index in [9.17, 15) is 0 Å². The lowest BCUT2D eigenvalue weighted by Gasteiger charge is -2.01. The highest BCUT2D eigenvalue weighted by Crippen LogP contribution is 1.95. The molecule has 0 rings (SSSR count). The van der Waals surface area contributed by atoms with Crippen molar-refractivity contribution in [3.63, 3.8) is 0 Å². The van der Waals surface area contributed by atoms with Crippen molar-refractivity contribution >= 4 is 12.6 Å². The first-order chi connectivity index (χ1) is 4.22. The Labute approximate surface area is 55.9 Å². The van der Waals surface area contributed by atoms with Gasteiger partial charge in [0, 0.05) is 13.0 Å². The molecule has 0 aliphatic heterocycles. The average Bonchev–Trinajstić information content (AvgIpc) is 1.82. The lowest BCUT2D eigenvalue weighted by Crippen LogP contribution is -2.08. The van der Waals surface area contributed by atoms with Gasteiger partial charge in [0.25, 0.3) is 0 Å². The van der Waals surface area contributed by atoms with Crippen molar-refractivity contribution in [2.45, 2.75) is 13.8 Å². The van der Waals surface area contributed by atoms with E-state index in [-0.39, 0.29) is 0 Å². The summed E-state index contributed by atoms with van der Waals surface area (Å²) in [7, 11) is 1.74. The van der Waals surface area contributed by atoms with Gasteiger partial charge in [-0.05, 0) is 6.72 Å². The van der Waals surface area contributed by atoms with E-state index in [4.69, 9.17) is 0 Å². The minimum atomic E-state index is 0.343. The maximum Gasteiger partial charge on any atom is 0.149 e. The Morgan fingerprint density at radius 2 is 2.11 bits per heavy atom. The Kier molecular flexibility index (Phi) is 3.67. The smallest absolute Gasteiger partial charge is 0.149 e. The topological polar surface area (TPSA) is 36.8 Å².